The van der Waals surface area contributed by atoms with Gasteiger partial charge in [0.25, 0.3) is 0 Å². The first-order valence-corrected chi connectivity index (χ1v) is 9.41. The van der Waals surface area contributed by atoms with E-state index in [-0.39, 0.29) is 11.4 Å². The molecule has 1 aromatic rings. The number of piperidine rings is 1. The lowest BCUT2D eigenvalue weighted by atomic mass is 10.1. The van der Waals surface area contributed by atoms with Crippen LogP contribution in [0.5, 0.6) is 5.75 Å². The van der Waals surface area contributed by atoms with Gasteiger partial charge in [-0.15, -0.1) is 0 Å². The van der Waals surface area contributed by atoms with Crippen LogP contribution in [-0.4, -0.2) is 69.3 Å². The van der Waals surface area contributed by atoms with Crippen LogP contribution in [0.2, 0.25) is 0 Å². The fraction of sp³-hybridized carbons (Fsp3) is 0.684. The summed E-state index contributed by atoms with van der Waals surface area (Å²) in [5.74, 6) is -0.780. The van der Waals surface area contributed by atoms with E-state index in [1.165, 1.54) is 31.4 Å². The van der Waals surface area contributed by atoms with Crippen molar-refractivity contribution < 1.29 is 13.5 Å². The molecule has 0 aromatic heterocycles. The number of likely N-dealkylation sites (tertiary alicyclic amines) is 1. The standard InChI is InChI=1S/C19H29F2N3O/c1-22-9-11-24(12-10-22)19-17(20)14-16(15-18(19)21)25-13-5-8-23-6-3-2-4-7-23/h14-15H,2-13H2,1H3. The smallest absolute Gasteiger partial charge is 0.153 e. The van der Waals surface area contributed by atoms with Crippen LogP contribution in [0.3, 0.4) is 0 Å². The van der Waals surface area contributed by atoms with Gasteiger partial charge in [-0.25, -0.2) is 8.78 Å². The second-order valence-electron chi connectivity index (χ2n) is 7.13. The molecular formula is C19H29F2N3O. The Hall–Kier alpha value is -1.40. The first kappa shape index (κ1) is 18.4. The fourth-order valence-corrected chi connectivity index (χ4v) is 3.62. The molecule has 0 N–H and O–H groups in total. The number of piperazine rings is 1. The van der Waals surface area contributed by atoms with Gasteiger partial charge in [0.05, 0.1) is 6.61 Å². The van der Waals surface area contributed by atoms with E-state index < -0.39 is 11.6 Å². The lowest BCUT2D eigenvalue weighted by Gasteiger charge is -2.34. The van der Waals surface area contributed by atoms with Gasteiger partial charge in [-0.05, 0) is 39.4 Å². The molecule has 2 fully saturated rings. The normalized spacial score (nSPS) is 20.0. The maximum absolute atomic E-state index is 14.4. The lowest BCUT2D eigenvalue weighted by Crippen LogP contribution is -2.45. The topological polar surface area (TPSA) is 19.0 Å². The number of ether oxygens (including phenoxy) is 1. The van der Waals surface area contributed by atoms with Gasteiger partial charge in [0, 0.05) is 44.9 Å². The average molecular weight is 353 g/mol. The molecule has 3 rings (SSSR count). The van der Waals surface area contributed by atoms with E-state index in [1.807, 2.05) is 7.05 Å². The van der Waals surface area contributed by atoms with Crippen LogP contribution in [-0.2, 0) is 0 Å². The molecule has 0 unspecified atom stereocenters. The minimum absolute atomic E-state index is 0.0776. The number of nitrogens with zero attached hydrogens (tertiary/aromatic N) is 3. The number of rotatable bonds is 6. The second-order valence-corrected chi connectivity index (χ2v) is 7.13. The molecule has 0 amide bonds. The van der Waals surface area contributed by atoms with Crippen LogP contribution in [0.25, 0.3) is 0 Å². The van der Waals surface area contributed by atoms with E-state index >= 15 is 0 Å². The Kier molecular flexibility index (Phi) is 6.48. The molecule has 0 atom stereocenters. The van der Waals surface area contributed by atoms with Gasteiger partial charge in [-0.3, -0.25) is 0 Å². The first-order chi connectivity index (χ1) is 12.1. The largest absolute Gasteiger partial charge is 0.493 e. The zero-order chi connectivity index (χ0) is 17.6. The van der Waals surface area contributed by atoms with Crippen molar-refractivity contribution in [3.63, 3.8) is 0 Å². The Morgan fingerprint density at radius 2 is 1.56 bits per heavy atom. The number of benzene rings is 1. The SMILES string of the molecule is CN1CCN(c2c(F)cc(OCCCN3CCCCC3)cc2F)CC1. The molecule has 0 radical (unpaired) electrons. The number of halogens is 2. The van der Waals surface area contributed by atoms with Gasteiger partial charge in [0.2, 0.25) is 0 Å². The minimum atomic E-state index is -0.532. The zero-order valence-electron chi connectivity index (χ0n) is 15.1. The molecule has 2 saturated heterocycles. The third kappa shape index (κ3) is 5.05. The maximum atomic E-state index is 14.4. The van der Waals surface area contributed by atoms with Crippen molar-refractivity contribution in [2.75, 3.05) is 64.4 Å². The van der Waals surface area contributed by atoms with Gasteiger partial charge in [-0.1, -0.05) is 6.42 Å². The third-order valence-electron chi connectivity index (χ3n) is 5.15. The summed E-state index contributed by atoms with van der Waals surface area (Å²) in [6.07, 6.45) is 4.74. The molecule has 25 heavy (non-hydrogen) atoms. The summed E-state index contributed by atoms with van der Waals surface area (Å²) in [5, 5.41) is 0. The summed E-state index contributed by atoms with van der Waals surface area (Å²) in [5.41, 5.74) is 0.0776. The number of hydrogen-bond acceptors (Lipinski definition) is 4. The summed E-state index contributed by atoms with van der Waals surface area (Å²) in [6.45, 7) is 6.70. The molecule has 2 heterocycles. The number of likely N-dealkylation sites (N-methyl/N-ethyl adjacent to an activating group) is 1. The van der Waals surface area contributed by atoms with Crippen molar-refractivity contribution in [1.82, 2.24) is 9.80 Å². The van der Waals surface area contributed by atoms with Crippen LogP contribution in [0.1, 0.15) is 25.7 Å². The van der Waals surface area contributed by atoms with E-state index in [9.17, 15) is 8.78 Å². The van der Waals surface area contributed by atoms with Gasteiger partial charge in [0.15, 0.2) is 11.6 Å². The van der Waals surface area contributed by atoms with E-state index in [0.29, 0.717) is 19.7 Å². The molecule has 0 bridgehead atoms. The number of hydrogen-bond donors (Lipinski definition) is 0. The van der Waals surface area contributed by atoms with E-state index in [0.717, 1.165) is 39.1 Å². The highest BCUT2D eigenvalue weighted by atomic mass is 19.1. The van der Waals surface area contributed by atoms with Crippen LogP contribution < -0.4 is 9.64 Å². The Labute approximate surface area is 149 Å². The molecule has 0 spiro atoms. The van der Waals surface area contributed by atoms with Gasteiger partial charge in [-0.2, -0.15) is 0 Å². The highest BCUT2D eigenvalue weighted by molar-refractivity contribution is 5.52. The van der Waals surface area contributed by atoms with E-state index in [2.05, 4.69) is 9.80 Å². The summed E-state index contributed by atoms with van der Waals surface area (Å²) >= 11 is 0. The van der Waals surface area contributed by atoms with Crippen LogP contribution in [0.4, 0.5) is 14.5 Å². The molecule has 2 aliphatic heterocycles. The highest BCUT2D eigenvalue weighted by Crippen LogP contribution is 2.29. The zero-order valence-corrected chi connectivity index (χ0v) is 15.1. The predicted octanol–water partition coefficient (Wildman–Crippen LogP) is 2.97. The second kappa shape index (κ2) is 8.81. The van der Waals surface area contributed by atoms with Gasteiger partial charge < -0.3 is 19.4 Å². The van der Waals surface area contributed by atoms with Crippen molar-refractivity contribution in [3.8, 4) is 5.75 Å². The molecule has 6 heteroatoms. The predicted molar refractivity (Wildman–Crippen MR) is 96.5 cm³/mol. The summed E-state index contributed by atoms with van der Waals surface area (Å²) in [4.78, 5) is 6.38. The fourth-order valence-electron chi connectivity index (χ4n) is 3.62. The summed E-state index contributed by atoms with van der Waals surface area (Å²) < 4.78 is 34.4. The molecular weight excluding hydrogens is 324 g/mol. The molecule has 0 saturated carbocycles. The lowest BCUT2D eigenvalue weighted by molar-refractivity contribution is 0.204. The molecule has 4 nitrogen and oxygen atoms in total. The highest BCUT2D eigenvalue weighted by Gasteiger charge is 2.22. The van der Waals surface area contributed by atoms with Crippen molar-refractivity contribution in [2.24, 2.45) is 0 Å². The Bertz CT molecular complexity index is 533. The summed E-state index contributed by atoms with van der Waals surface area (Å²) in [7, 11) is 2.02. The Balaban J connectivity index is 1.51. The number of anilines is 1. The van der Waals surface area contributed by atoms with Gasteiger partial charge >= 0.3 is 0 Å². The van der Waals surface area contributed by atoms with Crippen molar-refractivity contribution in [1.29, 1.82) is 0 Å². The van der Waals surface area contributed by atoms with Crippen molar-refractivity contribution in [2.45, 2.75) is 25.7 Å². The van der Waals surface area contributed by atoms with Gasteiger partial charge in [0.1, 0.15) is 11.4 Å². The quantitative estimate of drug-likeness (QED) is 0.732. The third-order valence-corrected chi connectivity index (χ3v) is 5.15. The van der Waals surface area contributed by atoms with E-state index in [1.54, 1.807) is 4.90 Å². The van der Waals surface area contributed by atoms with Crippen LogP contribution in [0, 0.1) is 11.6 Å². The van der Waals surface area contributed by atoms with E-state index in [4.69, 9.17) is 4.74 Å². The van der Waals surface area contributed by atoms with Crippen LogP contribution in [0.15, 0.2) is 12.1 Å². The summed E-state index contributed by atoms with van der Waals surface area (Å²) in [6, 6.07) is 2.63. The van der Waals surface area contributed by atoms with Crippen molar-refractivity contribution >= 4 is 5.69 Å². The van der Waals surface area contributed by atoms with Crippen molar-refractivity contribution in [3.05, 3.63) is 23.8 Å². The molecule has 1 aromatic carbocycles. The first-order valence-electron chi connectivity index (χ1n) is 9.41. The Morgan fingerprint density at radius 3 is 2.20 bits per heavy atom. The minimum Gasteiger partial charge on any atom is -0.493 e. The molecule has 140 valence electrons. The molecule has 0 aliphatic carbocycles. The Morgan fingerprint density at radius 1 is 0.920 bits per heavy atom. The monoisotopic (exact) mass is 353 g/mol. The van der Waals surface area contributed by atoms with Crippen LogP contribution >= 0.6 is 0 Å². The average Bonchev–Trinajstić information content (AvgIpc) is 2.61. The molecule has 2 aliphatic rings. The maximum Gasteiger partial charge on any atom is 0.153 e.